The number of hydrogen-bond donors (Lipinski definition) is 0. The van der Waals surface area contributed by atoms with Crippen molar-refractivity contribution in [1.29, 1.82) is 0 Å². The quantitative estimate of drug-likeness (QED) is 0.622. The lowest BCUT2D eigenvalue weighted by molar-refractivity contribution is -0.135. The molecule has 1 aromatic rings. The first-order chi connectivity index (χ1) is 15.5. The highest BCUT2D eigenvalue weighted by atomic mass is 35.5. The van der Waals surface area contributed by atoms with Gasteiger partial charge >= 0.3 is 6.09 Å². The summed E-state index contributed by atoms with van der Waals surface area (Å²) in [4.78, 5) is 28.6. The maximum atomic E-state index is 13.0. The monoisotopic (exact) mass is 497 g/mol. The summed E-state index contributed by atoms with van der Waals surface area (Å²) in [5.74, 6) is 0.0828. The van der Waals surface area contributed by atoms with Gasteiger partial charge in [-0.3, -0.25) is 4.79 Å². The van der Waals surface area contributed by atoms with E-state index in [0.29, 0.717) is 26.2 Å². The third-order valence-corrected chi connectivity index (χ3v) is 7.79. The Morgan fingerprint density at radius 2 is 1.76 bits per heavy atom. The molecule has 0 radical (unpaired) electrons. The Labute approximate surface area is 201 Å². The fourth-order valence-corrected chi connectivity index (χ4v) is 5.52. The minimum absolute atomic E-state index is 0.157. The van der Waals surface area contributed by atoms with Crippen LogP contribution in [0, 0.1) is 5.92 Å². The van der Waals surface area contributed by atoms with Gasteiger partial charge in [-0.2, -0.15) is 4.31 Å². The molecule has 0 unspecified atom stereocenters. The number of piperazine rings is 1. The molecule has 1 aromatic carbocycles. The van der Waals surface area contributed by atoms with E-state index >= 15 is 0 Å². The zero-order valence-corrected chi connectivity index (χ0v) is 20.9. The van der Waals surface area contributed by atoms with Crippen molar-refractivity contribution in [1.82, 2.24) is 14.1 Å². The number of piperidine rings is 1. The fourth-order valence-electron chi connectivity index (χ4n) is 3.99. The topological polar surface area (TPSA) is 87.2 Å². The number of ether oxygens (including phenoxy) is 1. The Kier molecular flexibility index (Phi) is 8.08. The molecule has 0 aromatic heterocycles. The van der Waals surface area contributed by atoms with Crippen LogP contribution in [0.5, 0.6) is 0 Å². The van der Waals surface area contributed by atoms with Crippen molar-refractivity contribution >= 4 is 39.7 Å². The standard InChI is InChI=1S/C23H32ClN3O5S/c1-23(2,3)32-22(29)25-12-9-19(10-13-25)16-26-14-15-27(17-21(26)28)33(30,31)20-6-4-18(5-7-20)8-11-24/h4-8,11,19H,9-10,12-17H2,1-3H3/b11-8+. The normalized spacial score (nSPS) is 19.3. The van der Waals surface area contributed by atoms with Gasteiger partial charge in [-0.25, -0.2) is 13.2 Å². The van der Waals surface area contributed by atoms with Crippen LogP contribution in [0.25, 0.3) is 6.08 Å². The zero-order chi connectivity index (χ0) is 24.2. The Balaban J connectivity index is 1.51. The minimum Gasteiger partial charge on any atom is -0.444 e. The summed E-state index contributed by atoms with van der Waals surface area (Å²) in [6.07, 6.45) is 2.93. The van der Waals surface area contributed by atoms with Gasteiger partial charge < -0.3 is 14.5 Å². The third kappa shape index (κ3) is 6.71. The summed E-state index contributed by atoms with van der Waals surface area (Å²) in [5, 5.41) is 0. The smallest absolute Gasteiger partial charge is 0.410 e. The summed E-state index contributed by atoms with van der Waals surface area (Å²) in [6.45, 7) is 7.75. The van der Waals surface area contributed by atoms with Crippen LogP contribution in [0.1, 0.15) is 39.2 Å². The van der Waals surface area contributed by atoms with Gasteiger partial charge in [-0.05, 0) is 63.3 Å². The van der Waals surface area contributed by atoms with E-state index in [9.17, 15) is 18.0 Å². The largest absolute Gasteiger partial charge is 0.444 e. The Hall–Kier alpha value is -2.10. The Morgan fingerprint density at radius 1 is 1.12 bits per heavy atom. The van der Waals surface area contributed by atoms with Crippen LogP contribution in [0.3, 0.4) is 0 Å². The number of halogens is 1. The highest BCUT2D eigenvalue weighted by Crippen LogP contribution is 2.23. The second-order valence-electron chi connectivity index (χ2n) is 9.45. The number of rotatable bonds is 5. The van der Waals surface area contributed by atoms with Crippen LogP contribution in [-0.2, 0) is 19.6 Å². The summed E-state index contributed by atoms with van der Waals surface area (Å²) < 4.78 is 32.6. The molecule has 0 atom stereocenters. The van der Waals surface area contributed by atoms with Gasteiger partial charge in [-0.1, -0.05) is 23.7 Å². The lowest BCUT2D eigenvalue weighted by atomic mass is 9.96. The van der Waals surface area contributed by atoms with Gasteiger partial charge in [0.15, 0.2) is 0 Å². The molecule has 8 nitrogen and oxygen atoms in total. The van der Waals surface area contributed by atoms with Crippen molar-refractivity contribution < 1.29 is 22.7 Å². The molecule has 2 saturated heterocycles. The number of sulfonamides is 1. The molecule has 3 rings (SSSR count). The molecular weight excluding hydrogens is 466 g/mol. The van der Waals surface area contributed by atoms with Crippen LogP contribution < -0.4 is 0 Å². The van der Waals surface area contributed by atoms with Crippen LogP contribution in [0.4, 0.5) is 4.79 Å². The first kappa shape index (κ1) is 25.5. The average molecular weight is 498 g/mol. The molecule has 0 saturated carbocycles. The van der Waals surface area contributed by atoms with E-state index in [-0.39, 0.29) is 35.9 Å². The molecule has 2 amide bonds. The van der Waals surface area contributed by atoms with Gasteiger partial charge in [0.2, 0.25) is 15.9 Å². The number of hydrogen-bond acceptors (Lipinski definition) is 5. The fraction of sp³-hybridized carbons (Fsp3) is 0.565. The maximum absolute atomic E-state index is 13.0. The highest BCUT2D eigenvalue weighted by molar-refractivity contribution is 7.89. The molecule has 182 valence electrons. The molecule has 2 aliphatic rings. The van der Waals surface area contributed by atoms with E-state index in [1.165, 1.54) is 22.0 Å². The van der Waals surface area contributed by atoms with Crippen LogP contribution in [0.2, 0.25) is 0 Å². The molecule has 2 fully saturated rings. The van der Waals surface area contributed by atoms with Crippen LogP contribution in [0.15, 0.2) is 34.7 Å². The highest BCUT2D eigenvalue weighted by Gasteiger charge is 2.34. The van der Waals surface area contributed by atoms with Crippen molar-refractivity contribution in [2.45, 2.75) is 44.1 Å². The zero-order valence-electron chi connectivity index (χ0n) is 19.4. The predicted octanol–water partition coefficient (Wildman–Crippen LogP) is 3.38. The van der Waals surface area contributed by atoms with Crippen molar-refractivity contribution in [2.24, 2.45) is 5.92 Å². The first-order valence-corrected chi connectivity index (χ1v) is 13.0. The second kappa shape index (κ2) is 10.4. The van der Waals surface area contributed by atoms with E-state index in [1.807, 2.05) is 20.8 Å². The van der Waals surface area contributed by atoms with Gasteiger partial charge in [0.1, 0.15) is 5.60 Å². The maximum Gasteiger partial charge on any atom is 0.410 e. The molecule has 0 aliphatic carbocycles. The van der Waals surface area contributed by atoms with E-state index in [4.69, 9.17) is 16.3 Å². The summed E-state index contributed by atoms with van der Waals surface area (Å²) in [6, 6.07) is 6.40. The van der Waals surface area contributed by atoms with Crippen LogP contribution >= 0.6 is 11.6 Å². The SMILES string of the molecule is CC(C)(C)OC(=O)N1CCC(CN2CCN(S(=O)(=O)c3ccc(/C=C/Cl)cc3)CC2=O)CC1. The number of nitrogens with zero attached hydrogens (tertiary/aromatic N) is 3. The van der Waals surface area contributed by atoms with E-state index in [1.54, 1.807) is 28.0 Å². The molecule has 10 heteroatoms. The second-order valence-corrected chi connectivity index (χ2v) is 11.6. The molecule has 0 bridgehead atoms. The predicted molar refractivity (Wildman–Crippen MR) is 127 cm³/mol. The number of amides is 2. The van der Waals surface area contributed by atoms with Crippen molar-refractivity contribution in [3.63, 3.8) is 0 Å². The molecular formula is C23H32ClN3O5S. The first-order valence-electron chi connectivity index (χ1n) is 11.1. The van der Waals surface area contributed by atoms with Crippen molar-refractivity contribution in [3.05, 3.63) is 35.4 Å². The van der Waals surface area contributed by atoms with Gasteiger partial charge in [0.25, 0.3) is 0 Å². The van der Waals surface area contributed by atoms with E-state index in [2.05, 4.69) is 0 Å². The summed E-state index contributed by atoms with van der Waals surface area (Å²) in [7, 11) is -3.74. The Morgan fingerprint density at radius 3 is 2.30 bits per heavy atom. The van der Waals surface area contributed by atoms with Crippen molar-refractivity contribution in [2.75, 3.05) is 39.3 Å². The summed E-state index contributed by atoms with van der Waals surface area (Å²) in [5.41, 5.74) is 1.63. The van der Waals surface area contributed by atoms with Crippen molar-refractivity contribution in [3.8, 4) is 0 Å². The molecule has 0 spiro atoms. The number of carbonyl (C=O) groups is 2. The molecule has 33 heavy (non-hydrogen) atoms. The molecule has 0 N–H and O–H groups in total. The Bertz CT molecular complexity index is 980. The summed E-state index contributed by atoms with van der Waals surface area (Å²) >= 11 is 5.56. The molecule has 2 heterocycles. The van der Waals surface area contributed by atoms with Crippen LogP contribution in [-0.4, -0.2) is 79.4 Å². The third-order valence-electron chi connectivity index (χ3n) is 5.80. The average Bonchev–Trinajstić information content (AvgIpc) is 2.75. The lowest BCUT2D eigenvalue weighted by Crippen LogP contribution is -2.53. The number of benzene rings is 1. The van der Waals surface area contributed by atoms with E-state index < -0.39 is 15.6 Å². The van der Waals surface area contributed by atoms with E-state index in [0.717, 1.165) is 18.4 Å². The number of carbonyl (C=O) groups excluding carboxylic acids is 2. The van der Waals surface area contributed by atoms with Gasteiger partial charge in [0, 0.05) is 38.3 Å². The van der Waals surface area contributed by atoms with Gasteiger partial charge in [0.05, 0.1) is 11.4 Å². The molecule has 2 aliphatic heterocycles. The lowest BCUT2D eigenvalue weighted by Gasteiger charge is -2.38. The van der Waals surface area contributed by atoms with Gasteiger partial charge in [-0.15, -0.1) is 0 Å². The number of likely N-dealkylation sites (tertiary alicyclic amines) is 1. The minimum atomic E-state index is -3.74.